The Kier molecular flexibility index (Phi) is 6.24. The normalized spacial score (nSPS) is 12.3. The highest BCUT2D eigenvalue weighted by molar-refractivity contribution is 6.34. The average molecular weight is 368 g/mol. The lowest BCUT2D eigenvalue weighted by atomic mass is 10.1. The Labute approximate surface area is 150 Å². The van der Waals surface area contributed by atoms with Gasteiger partial charge in [0.2, 0.25) is 5.43 Å². The Morgan fingerprint density at radius 1 is 1.25 bits per heavy atom. The van der Waals surface area contributed by atoms with Crippen LogP contribution >= 0.6 is 11.6 Å². The number of rotatable bonds is 5. The monoisotopic (exact) mass is 367 g/mol. The van der Waals surface area contributed by atoms with Crippen molar-refractivity contribution in [3.05, 3.63) is 57.2 Å². The molecule has 0 amide bonds. The van der Waals surface area contributed by atoms with E-state index in [4.69, 9.17) is 16.0 Å². The smallest absolute Gasteiger partial charge is 0.200 e. The highest BCUT2D eigenvalue weighted by atomic mass is 35.5. The molecule has 0 radical (unpaired) electrons. The molecule has 0 fully saturated rings. The minimum atomic E-state index is -0.0696. The quantitative estimate of drug-likeness (QED) is 0.594. The molecule has 2 aromatic carbocycles. The van der Waals surface area contributed by atoms with Gasteiger partial charge in [0.25, 0.3) is 0 Å². The topological polar surface area (TPSA) is 67.1 Å². The first-order valence-corrected chi connectivity index (χ1v) is 8.10. The van der Waals surface area contributed by atoms with Crippen molar-refractivity contribution in [1.82, 2.24) is 0 Å². The van der Waals surface area contributed by atoms with Gasteiger partial charge in [0.1, 0.15) is 18.2 Å². The summed E-state index contributed by atoms with van der Waals surface area (Å²) < 4.78 is 5.80. The molecule has 3 rings (SSSR count). The van der Waals surface area contributed by atoms with Gasteiger partial charge in [-0.15, -0.1) is 0 Å². The van der Waals surface area contributed by atoms with Gasteiger partial charge < -0.3 is 27.2 Å². The summed E-state index contributed by atoms with van der Waals surface area (Å²) in [4.78, 5) is 12.7. The number of hydrogen-bond acceptors (Lipinski definition) is 3. The minimum absolute atomic E-state index is 0. The lowest BCUT2D eigenvalue weighted by Crippen LogP contribution is -3.00. The Balaban J connectivity index is 0.00000208. The van der Waals surface area contributed by atoms with Crippen molar-refractivity contribution in [2.75, 3.05) is 6.61 Å². The first-order valence-electron chi connectivity index (χ1n) is 7.72. The predicted molar refractivity (Wildman–Crippen MR) is 91.8 cm³/mol. The number of fused-ring (bicyclic) bond motifs is 2. The van der Waals surface area contributed by atoms with E-state index >= 15 is 0 Å². The first kappa shape index (κ1) is 18.7. The van der Waals surface area contributed by atoms with Gasteiger partial charge in [-0.25, -0.2) is 0 Å². The zero-order chi connectivity index (χ0) is 16.4. The Hall–Kier alpha value is -1.59. The molecule has 0 saturated carbocycles. The zero-order valence-corrected chi connectivity index (χ0v) is 14.8. The average Bonchev–Trinajstić information content (AvgIpc) is 2.57. The maximum Gasteiger partial charge on any atom is 0.200 e. The van der Waals surface area contributed by atoms with Crippen LogP contribution in [-0.2, 0) is 6.54 Å². The molecular weight excluding hydrogens is 349 g/mol. The highest BCUT2D eigenvalue weighted by Crippen LogP contribution is 2.25. The summed E-state index contributed by atoms with van der Waals surface area (Å²) in [5, 5.41) is 12.8. The van der Waals surface area contributed by atoms with Crippen molar-refractivity contribution in [2.24, 2.45) is 0 Å². The van der Waals surface area contributed by atoms with Crippen LogP contribution in [0, 0.1) is 0 Å². The number of hydrogen-bond donors (Lipinski definition) is 2. The second-order valence-corrected chi connectivity index (χ2v) is 6.08. The zero-order valence-electron chi connectivity index (χ0n) is 13.3. The van der Waals surface area contributed by atoms with Gasteiger partial charge in [-0.2, -0.15) is 0 Å². The van der Waals surface area contributed by atoms with Crippen LogP contribution in [0.4, 0.5) is 0 Å². The molecule has 0 aliphatic carbocycles. The maximum atomic E-state index is 12.7. The van der Waals surface area contributed by atoms with Crippen molar-refractivity contribution < 1.29 is 27.2 Å². The van der Waals surface area contributed by atoms with E-state index in [1.165, 1.54) is 0 Å². The summed E-state index contributed by atoms with van der Waals surface area (Å²) in [6.45, 7) is 2.90. The lowest BCUT2D eigenvalue weighted by molar-refractivity contribution is -0.706. The van der Waals surface area contributed by atoms with E-state index < -0.39 is 0 Å². The fraction of sp³-hybridized carbons (Fsp3) is 0.278. The Morgan fingerprint density at radius 2 is 2.04 bits per heavy atom. The molecule has 0 bridgehead atoms. The largest absolute Gasteiger partial charge is 1.00 e. The summed E-state index contributed by atoms with van der Waals surface area (Å²) in [6.07, 6.45) is 0.898. The molecule has 0 aliphatic rings. The van der Waals surface area contributed by atoms with Crippen LogP contribution in [-0.4, -0.2) is 17.8 Å². The molecule has 1 heterocycles. The molecule has 4 nitrogen and oxygen atoms in total. The van der Waals surface area contributed by atoms with Gasteiger partial charge in [-0.3, -0.25) is 4.79 Å². The predicted octanol–water partition coefficient (Wildman–Crippen LogP) is -0.562. The van der Waals surface area contributed by atoms with Crippen molar-refractivity contribution in [1.29, 1.82) is 0 Å². The fourth-order valence-electron chi connectivity index (χ4n) is 2.69. The number of aliphatic hydroxyl groups excluding tert-OH is 1. The molecule has 24 heavy (non-hydrogen) atoms. The van der Waals surface area contributed by atoms with Crippen LogP contribution in [0.25, 0.3) is 21.9 Å². The number of benzene rings is 2. The molecule has 1 atom stereocenters. The number of halogens is 2. The molecule has 0 saturated heterocycles. The van der Waals surface area contributed by atoms with E-state index in [1.807, 2.05) is 25.1 Å². The van der Waals surface area contributed by atoms with Gasteiger partial charge in [0.05, 0.1) is 22.4 Å². The summed E-state index contributed by atoms with van der Waals surface area (Å²) in [7, 11) is 0. The number of aliphatic hydroxyl groups is 1. The van der Waals surface area contributed by atoms with Crippen molar-refractivity contribution >= 4 is 33.5 Å². The molecule has 0 unspecified atom stereocenters. The summed E-state index contributed by atoms with van der Waals surface area (Å²) >= 11 is 6.12. The van der Waals surface area contributed by atoms with Gasteiger partial charge in [-0.05, 0) is 36.8 Å². The number of para-hydroxylation sites is 1. The molecule has 3 N–H and O–H groups in total. The van der Waals surface area contributed by atoms with Crippen LogP contribution in [0.2, 0.25) is 5.02 Å². The summed E-state index contributed by atoms with van der Waals surface area (Å²) in [5.41, 5.74) is 1.92. The van der Waals surface area contributed by atoms with E-state index in [2.05, 4.69) is 5.32 Å². The molecular formula is C18H19Cl2NO3. The van der Waals surface area contributed by atoms with E-state index in [1.54, 1.807) is 18.2 Å². The third kappa shape index (κ3) is 3.57. The summed E-state index contributed by atoms with van der Waals surface area (Å²) in [5.74, 6) is 0. The fourth-order valence-corrected chi connectivity index (χ4v) is 2.90. The molecule has 1 aromatic heterocycles. The van der Waals surface area contributed by atoms with Crippen molar-refractivity contribution in [3.8, 4) is 0 Å². The van der Waals surface area contributed by atoms with Crippen LogP contribution in [0.1, 0.15) is 18.9 Å². The Bertz CT molecular complexity index is 904. The minimum Gasteiger partial charge on any atom is -1.00 e. The van der Waals surface area contributed by atoms with Crippen LogP contribution in [0.3, 0.4) is 0 Å². The molecule has 0 spiro atoms. The molecule has 6 heteroatoms. The van der Waals surface area contributed by atoms with Gasteiger partial charge in [0.15, 0.2) is 5.58 Å². The molecule has 3 aromatic rings. The first-order chi connectivity index (χ1) is 11.1. The van der Waals surface area contributed by atoms with Crippen molar-refractivity contribution in [2.45, 2.75) is 25.9 Å². The van der Waals surface area contributed by atoms with E-state index in [0.717, 1.165) is 12.0 Å². The number of quaternary nitrogens is 1. The highest BCUT2D eigenvalue weighted by Gasteiger charge is 2.12. The summed E-state index contributed by atoms with van der Waals surface area (Å²) in [6, 6.07) is 11.0. The van der Waals surface area contributed by atoms with Crippen LogP contribution in [0.15, 0.2) is 45.6 Å². The van der Waals surface area contributed by atoms with E-state index in [0.29, 0.717) is 33.5 Å². The Morgan fingerprint density at radius 3 is 2.75 bits per heavy atom. The lowest BCUT2D eigenvalue weighted by Gasteiger charge is -2.11. The SMILES string of the molecule is CC[C@@H](CO)[NH2+]Cc1ccc2oc3c(Cl)cccc3c(=O)c2c1.[Cl-]. The van der Waals surface area contributed by atoms with Crippen LogP contribution < -0.4 is 23.2 Å². The number of nitrogens with two attached hydrogens (primary N) is 1. The van der Waals surface area contributed by atoms with E-state index in [9.17, 15) is 9.90 Å². The van der Waals surface area contributed by atoms with Crippen LogP contribution in [0.5, 0.6) is 0 Å². The molecule has 128 valence electrons. The second kappa shape index (κ2) is 7.99. The van der Waals surface area contributed by atoms with Gasteiger partial charge in [0, 0.05) is 5.56 Å². The standard InChI is InChI=1S/C18H18ClNO3.ClH/c1-2-12(10-21)20-9-11-6-7-16-14(8-11)17(22)13-4-3-5-15(19)18(13)23-16;/h3-8,12,20-21H,2,9-10H2,1H3;1H/t12-;/m0./s1. The maximum absolute atomic E-state index is 12.7. The third-order valence-electron chi connectivity index (χ3n) is 4.16. The third-order valence-corrected chi connectivity index (χ3v) is 4.46. The second-order valence-electron chi connectivity index (χ2n) is 5.67. The van der Waals surface area contributed by atoms with Gasteiger partial charge in [-0.1, -0.05) is 24.6 Å². The molecule has 0 aliphatic heterocycles. The van der Waals surface area contributed by atoms with Crippen molar-refractivity contribution in [3.63, 3.8) is 0 Å². The van der Waals surface area contributed by atoms with E-state index in [-0.39, 0.29) is 30.5 Å². The van der Waals surface area contributed by atoms with Gasteiger partial charge >= 0.3 is 0 Å².